The highest BCUT2D eigenvalue weighted by molar-refractivity contribution is 5.77. The van der Waals surface area contributed by atoms with Gasteiger partial charge in [-0.1, -0.05) is 6.42 Å². The molecule has 3 N–H and O–H groups in total. The van der Waals surface area contributed by atoms with Gasteiger partial charge in [-0.15, -0.1) is 0 Å². The molecule has 4 heteroatoms. The van der Waals surface area contributed by atoms with E-state index in [2.05, 4.69) is 0 Å². The van der Waals surface area contributed by atoms with Gasteiger partial charge in [-0.2, -0.15) is 0 Å². The van der Waals surface area contributed by atoms with Crippen LogP contribution in [0.15, 0.2) is 0 Å². The third-order valence-electron chi connectivity index (χ3n) is 2.37. The molecular formula is C8H14FNO2. The summed E-state index contributed by atoms with van der Waals surface area (Å²) < 4.78 is 13.5. The van der Waals surface area contributed by atoms with Crippen LogP contribution < -0.4 is 5.73 Å². The zero-order valence-corrected chi connectivity index (χ0v) is 6.92. The second-order valence-corrected chi connectivity index (χ2v) is 3.48. The average molecular weight is 175 g/mol. The predicted octanol–water partition coefficient (Wildman–Crippen LogP) is 1.07. The first kappa shape index (κ1) is 9.45. The first-order chi connectivity index (χ1) is 5.54. The molecular weight excluding hydrogens is 161 g/mol. The van der Waals surface area contributed by atoms with Crippen molar-refractivity contribution in [2.24, 2.45) is 5.73 Å². The maximum atomic E-state index is 13.5. The lowest BCUT2D eigenvalue weighted by Crippen LogP contribution is -2.38. The minimum Gasteiger partial charge on any atom is -0.479 e. The van der Waals surface area contributed by atoms with E-state index in [1.54, 1.807) is 0 Å². The van der Waals surface area contributed by atoms with Crippen molar-refractivity contribution in [3.63, 3.8) is 0 Å². The molecule has 3 nitrogen and oxygen atoms in total. The molecule has 1 rings (SSSR count). The van der Waals surface area contributed by atoms with Crippen LogP contribution in [0.3, 0.4) is 0 Å². The Balaban J connectivity index is 2.67. The van der Waals surface area contributed by atoms with E-state index < -0.39 is 11.6 Å². The third-order valence-corrected chi connectivity index (χ3v) is 2.37. The van der Waals surface area contributed by atoms with Gasteiger partial charge in [-0.25, -0.2) is 9.18 Å². The molecule has 0 spiro atoms. The fourth-order valence-corrected chi connectivity index (χ4v) is 1.63. The number of hydrogen-bond donors (Lipinski definition) is 2. The van der Waals surface area contributed by atoms with E-state index >= 15 is 0 Å². The van der Waals surface area contributed by atoms with E-state index in [-0.39, 0.29) is 18.9 Å². The van der Waals surface area contributed by atoms with Crippen molar-refractivity contribution in [2.75, 3.05) is 0 Å². The van der Waals surface area contributed by atoms with Gasteiger partial charge in [-0.3, -0.25) is 0 Å². The Morgan fingerprint density at radius 2 is 2.25 bits per heavy atom. The molecule has 12 heavy (non-hydrogen) atoms. The van der Waals surface area contributed by atoms with Gasteiger partial charge in [0.05, 0.1) is 0 Å². The molecule has 70 valence electrons. The van der Waals surface area contributed by atoms with E-state index in [1.807, 2.05) is 0 Å². The van der Waals surface area contributed by atoms with Crippen LogP contribution in [0.5, 0.6) is 0 Å². The molecule has 1 aliphatic rings. The van der Waals surface area contributed by atoms with Gasteiger partial charge in [0, 0.05) is 12.5 Å². The summed E-state index contributed by atoms with van der Waals surface area (Å²) in [4.78, 5) is 10.5. The summed E-state index contributed by atoms with van der Waals surface area (Å²) >= 11 is 0. The summed E-state index contributed by atoms with van der Waals surface area (Å²) in [5, 5.41) is 8.61. The average Bonchev–Trinajstić information content (AvgIpc) is 2.12. The molecule has 0 amide bonds. The molecule has 2 atom stereocenters. The van der Waals surface area contributed by atoms with Crippen molar-refractivity contribution in [3.8, 4) is 0 Å². The molecule has 0 aromatic rings. The Kier molecular flexibility index (Phi) is 2.67. The number of carbonyl (C=O) groups is 1. The molecule has 1 aliphatic carbocycles. The Morgan fingerprint density at radius 1 is 1.58 bits per heavy atom. The number of rotatable bonds is 1. The largest absolute Gasteiger partial charge is 0.479 e. The van der Waals surface area contributed by atoms with Crippen molar-refractivity contribution >= 4 is 5.97 Å². The minimum atomic E-state index is -2.07. The summed E-state index contributed by atoms with van der Waals surface area (Å²) in [6, 6.07) is -0.298. The molecule has 0 bridgehead atoms. The van der Waals surface area contributed by atoms with Gasteiger partial charge in [0.15, 0.2) is 0 Å². The van der Waals surface area contributed by atoms with Gasteiger partial charge in [0.1, 0.15) is 0 Å². The van der Waals surface area contributed by atoms with Crippen molar-refractivity contribution in [1.29, 1.82) is 0 Å². The van der Waals surface area contributed by atoms with Crippen LogP contribution in [-0.4, -0.2) is 22.8 Å². The van der Waals surface area contributed by atoms with Crippen molar-refractivity contribution < 1.29 is 14.3 Å². The zero-order chi connectivity index (χ0) is 9.19. The first-order valence-electron chi connectivity index (χ1n) is 4.22. The normalized spacial score (nSPS) is 37.3. The molecule has 0 radical (unpaired) electrons. The molecule has 0 heterocycles. The Bertz CT molecular complexity index is 186. The summed E-state index contributed by atoms with van der Waals surface area (Å²) in [7, 11) is 0. The Morgan fingerprint density at radius 3 is 2.83 bits per heavy atom. The molecule has 1 saturated carbocycles. The van der Waals surface area contributed by atoms with Crippen LogP contribution in [0.25, 0.3) is 0 Å². The predicted molar refractivity (Wildman–Crippen MR) is 42.5 cm³/mol. The zero-order valence-electron chi connectivity index (χ0n) is 6.92. The molecule has 0 aliphatic heterocycles. The SMILES string of the molecule is N[C@@H]1CCCC[C@](F)(C(=O)O)C1. The van der Waals surface area contributed by atoms with E-state index in [0.717, 1.165) is 12.8 Å². The van der Waals surface area contributed by atoms with Crippen LogP contribution >= 0.6 is 0 Å². The van der Waals surface area contributed by atoms with Crippen LogP contribution in [0.4, 0.5) is 4.39 Å². The van der Waals surface area contributed by atoms with E-state index in [1.165, 1.54) is 0 Å². The molecule has 0 aromatic heterocycles. The van der Waals surface area contributed by atoms with Crippen molar-refractivity contribution in [1.82, 2.24) is 0 Å². The van der Waals surface area contributed by atoms with Crippen LogP contribution in [0.1, 0.15) is 32.1 Å². The lowest BCUT2D eigenvalue weighted by Gasteiger charge is -2.20. The minimum absolute atomic E-state index is 0.0394. The lowest BCUT2D eigenvalue weighted by atomic mass is 9.95. The molecule has 0 aromatic carbocycles. The van der Waals surface area contributed by atoms with Crippen LogP contribution in [0.2, 0.25) is 0 Å². The summed E-state index contributed by atoms with van der Waals surface area (Å²) in [5.74, 6) is -1.36. The topological polar surface area (TPSA) is 63.3 Å². The van der Waals surface area contributed by atoms with Gasteiger partial charge in [0.2, 0.25) is 5.67 Å². The third kappa shape index (κ3) is 1.94. The maximum Gasteiger partial charge on any atom is 0.341 e. The van der Waals surface area contributed by atoms with Gasteiger partial charge in [-0.05, 0) is 19.3 Å². The number of nitrogens with two attached hydrogens (primary N) is 1. The second kappa shape index (κ2) is 3.39. The van der Waals surface area contributed by atoms with Crippen molar-refractivity contribution in [2.45, 2.75) is 43.8 Å². The number of halogens is 1. The molecule has 0 unspecified atom stereocenters. The van der Waals surface area contributed by atoms with Gasteiger partial charge < -0.3 is 10.8 Å². The number of aliphatic carboxylic acids is 1. The quantitative estimate of drug-likeness (QED) is 0.586. The summed E-state index contributed by atoms with van der Waals surface area (Å²) in [6.07, 6.45) is 2.26. The number of hydrogen-bond acceptors (Lipinski definition) is 2. The summed E-state index contributed by atoms with van der Waals surface area (Å²) in [6.45, 7) is 0. The van der Waals surface area contributed by atoms with Crippen LogP contribution in [0, 0.1) is 0 Å². The van der Waals surface area contributed by atoms with Crippen molar-refractivity contribution in [3.05, 3.63) is 0 Å². The van der Waals surface area contributed by atoms with Crippen LogP contribution in [-0.2, 0) is 4.79 Å². The fourth-order valence-electron chi connectivity index (χ4n) is 1.63. The highest BCUT2D eigenvalue weighted by Gasteiger charge is 2.40. The van der Waals surface area contributed by atoms with E-state index in [4.69, 9.17) is 10.8 Å². The monoisotopic (exact) mass is 175 g/mol. The summed E-state index contributed by atoms with van der Waals surface area (Å²) in [5.41, 5.74) is 3.47. The fraction of sp³-hybridized carbons (Fsp3) is 0.875. The highest BCUT2D eigenvalue weighted by atomic mass is 19.1. The first-order valence-corrected chi connectivity index (χ1v) is 4.22. The van der Waals surface area contributed by atoms with Gasteiger partial charge >= 0.3 is 5.97 Å². The highest BCUT2D eigenvalue weighted by Crippen LogP contribution is 2.30. The van der Waals surface area contributed by atoms with Gasteiger partial charge in [0.25, 0.3) is 0 Å². The Labute approximate surface area is 70.7 Å². The number of carboxylic acids is 1. The molecule has 0 saturated heterocycles. The number of carboxylic acid groups (broad SMARTS) is 1. The van der Waals surface area contributed by atoms with E-state index in [9.17, 15) is 9.18 Å². The smallest absolute Gasteiger partial charge is 0.341 e. The maximum absolute atomic E-state index is 13.5. The standard InChI is InChI=1S/C8H14FNO2/c9-8(7(11)12)4-2-1-3-6(10)5-8/h6H,1-5,10H2,(H,11,12)/t6-,8-/m1/s1. The second-order valence-electron chi connectivity index (χ2n) is 3.48. The Hall–Kier alpha value is -0.640. The molecule has 1 fully saturated rings. The van der Waals surface area contributed by atoms with E-state index in [0.29, 0.717) is 6.42 Å². The number of alkyl halides is 1. The lowest BCUT2D eigenvalue weighted by molar-refractivity contribution is -0.152.